The molecule has 5 heavy (non-hydrogen) atoms. The molecule has 0 nitrogen and oxygen atoms in total. The maximum absolute atomic E-state index is 0. The fourth-order valence-electron chi connectivity index (χ4n) is 0. The molecule has 0 aliphatic carbocycles. The molecule has 0 unspecified atom stereocenters. The number of hydrogen-bond donors (Lipinski definition) is 0. The molecule has 0 bridgehead atoms. The van der Waals surface area contributed by atoms with E-state index in [4.69, 9.17) is 0 Å². The molecule has 1 radical (unpaired) electrons. The second-order valence-electron chi connectivity index (χ2n) is 0. The fraction of sp³-hybridized carbons (Fsp3) is 0. The second-order valence-corrected chi connectivity index (χ2v) is 0. The van der Waals surface area contributed by atoms with E-state index in [1.807, 2.05) is 0 Å². The number of rotatable bonds is 0. The Balaban J connectivity index is 0. The van der Waals surface area contributed by atoms with Crippen LogP contribution in [0.25, 0.3) is 0 Å². The molecule has 0 aromatic rings. The third kappa shape index (κ3) is 20.0. The average Bonchev–Trinajstić information content (AvgIpc) is 0. The van der Waals surface area contributed by atoms with E-state index in [1.54, 1.807) is 0 Å². The summed E-state index contributed by atoms with van der Waals surface area (Å²) >= 11 is 0. The zero-order valence-corrected chi connectivity index (χ0v) is 7.57. The molecule has 5 heteroatoms. The summed E-state index contributed by atoms with van der Waals surface area (Å²) in [5, 5.41) is 0. The molecule has 0 aromatic carbocycles. The van der Waals surface area contributed by atoms with Crippen LogP contribution in [0.5, 0.6) is 0 Å². The van der Waals surface area contributed by atoms with Crippen molar-refractivity contribution in [2.45, 2.75) is 0 Å². The van der Waals surface area contributed by atoms with E-state index in [9.17, 15) is 0 Å². The molecule has 0 fully saturated rings. The van der Waals surface area contributed by atoms with E-state index in [2.05, 4.69) is 0 Å². The van der Waals surface area contributed by atoms with Crippen molar-refractivity contribution < 1.29 is 81.5 Å². The summed E-state index contributed by atoms with van der Waals surface area (Å²) in [6.45, 7) is 0. The maximum atomic E-state index is 0. The van der Waals surface area contributed by atoms with Crippen LogP contribution in [0.3, 0.4) is 0 Å². The van der Waals surface area contributed by atoms with Gasteiger partial charge in [-0.1, -0.05) is 0 Å². The van der Waals surface area contributed by atoms with E-state index >= 15 is 0 Å². The summed E-state index contributed by atoms with van der Waals surface area (Å²) in [5.41, 5.74) is 0. The summed E-state index contributed by atoms with van der Waals surface area (Å²) < 4.78 is 0. The van der Waals surface area contributed by atoms with E-state index in [0.717, 1.165) is 0 Å². The predicted molar refractivity (Wildman–Crippen MR) is 8.54 cm³/mol. The molecule has 0 saturated heterocycles. The number of hydrogen-bond acceptors (Lipinski definition) is 0. The van der Waals surface area contributed by atoms with Crippen LogP contribution in [-0.2, 0) is 81.5 Å². The van der Waals surface area contributed by atoms with Gasteiger partial charge in [-0.05, 0) is 0 Å². The van der Waals surface area contributed by atoms with Crippen molar-refractivity contribution in [3.8, 4) is 0 Å². The van der Waals surface area contributed by atoms with E-state index < -0.39 is 0 Å². The Morgan fingerprint density at radius 1 is 1.00 bits per heavy atom. The summed E-state index contributed by atoms with van der Waals surface area (Å²) in [4.78, 5) is 0. The molecule has 0 spiro atoms. The van der Waals surface area contributed by atoms with Crippen LogP contribution in [-0.4, -0.2) is 10.1 Å². The van der Waals surface area contributed by atoms with Crippen LogP contribution in [0.2, 0.25) is 0 Å². The Morgan fingerprint density at radius 3 is 1.00 bits per heavy atom. The molecule has 0 aromatic heterocycles. The summed E-state index contributed by atoms with van der Waals surface area (Å²) in [5.74, 6) is 0. The molecular weight excluding hydrogens is 270 g/mol. The van der Waals surface area contributed by atoms with Crippen molar-refractivity contribution in [1.29, 1.82) is 0 Å². The Kier molecular flexibility index (Phi) is 271. The van der Waals surface area contributed by atoms with Gasteiger partial charge in [-0.3, -0.25) is 0 Å². The van der Waals surface area contributed by atoms with Crippen LogP contribution < -0.4 is 0 Å². The van der Waals surface area contributed by atoms with Crippen LogP contribution in [0.1, 0.15) is 0 Å². The van der Waals surface area contributed by atoms with Gasteiger partial charge >= 0.3 is 10.1 Å². The third-order valence-corrected chi connectivity index (χ3v) is 0. The molecule has 33 valence electrons. The van der Waals surface area contributed by atoms with Gasteiger partial charge in [-0.15, -0.1) is 0 Å². The van der Waals surface area contributed by atoms with Crippen molar-refractivity contribution in [3.63, 3.8) is 0 Å². The predicted octanol–water partition coefficient (Wildman–Crippen LogP) is -0.926. The quantitative estimate of drug-likeness (QED) is 0.500. The van der Waals surface area contributed by atoms with Crippen molar-refractivity contribution in [2.75, 3.05) is 0 Å². The van der Waals surface area contributed by atoms with Crippen LogP contribution >= 0.6 is 0 Å². The molecule has 0 aliphatic rings. The molecule has 0 amide bonds. The Bertz CT molecular complexity index is 11.6. The minimum Gasteiger partial charge on any atom is 0 e. The first kappa shape index (κ1) is 46.3. The Morgan fingerprint density at radius 2 is 1.00 bits per heavy atom. The van der Waals surface area contributed by atoms with Gasteiger partial charge in [0.1, 0.15) is 0 Å². The Labute approximate surface area is 90.2 Å². The molecule has 0 saturated carbocycles. The van der Waals surface area contributed by atoms with Gasteiger partial charge in [0, 0.05) is 81.5 Å². The van der Waals surface area contributed by atoms with Gasteiger partial charge in [-0.2, -0.15) is 0 Å². The standard InChI is InChI=1S/Be.Cu.Ni.Ti.Zr.2H. The van der Waals surface area contributed by atoms with Crippen molar-refractivity contribution >= 4 is 10.1 Å². The molecule has 0 atom stereocenters. The third-order valence-electron chi connectivity index (χ3n) is 0. The molecule has 0 aliphatic heterocycles. The van der Waals surface area contributed by atoms with E-state index in [1.165, 1.54) is 0 Å². The molecular formula is H2BeCuNiTiZr. The van der Waals surface area contributed by atoms with Crippen LogP contribution in [0, 0.1) is 0 Å². The van der Waals surface area contributed by atoms with Gasteiger partial charge in [0.2, 0.25) is 0 Å². The first-order valence-corrected chi connectivity index (χ1v) is 0. The largest absolute Gasteiger partial charge is 0 e. The van der Waals surface area contributed by atoms with Crippen LogP contribution in [0.15, 0.2) is 0 Å². The molecule has 0 rings (SSSR count). The summed E-state index contributed by atoms with van der Waals surface area (Å²) in [6.07, 6.45) is 0. The molecule has 0 heterocycles. The monoisotopic (exact) mass is 270 g/mol. The minimum atomic E-state index is 0. The van der Waals surface area contributed by atoms with E-state index in [0.29, 0.717) is 0 Å². The average molecular weight is 272 g/mol. The van der Waals surface area contributed by atoms with Gasteiger partial charge in [0.05, 0.1) is 0 Å². The summed E-state index contributed by atoms with van der Waals surface area (Å²) in [6, 6.07) is 0. The maximum Gasteiger partial charge on any atom is 0 e. The summed E-state index contributed by atoms with van der Waals surface area (Å²) in [7, 11) is 0. The van der Waals surface area contributed by atoms with Gasteiger partial charge in [-0.25, -0.2) is 0 Å². The van der Waals surface area contributed by atoms with Gasteiger partial charge < -0.3 is 0 Å². The minimum absolute atomic E-state index is 0. The topological polar surface area (TPSA) is 0 Å². The van der Waals surface area contributed by atoms with Crippen molar-refractivity contribution in [3.05, 3.63) is 0 Å². The fourth-order valence-corrected chi connectivity index (χ4v) is 0. The SMILES string of the molecule is [BeH2].[Cu].[Ni].[Ti].[Zr]. The first-order valence-electron chi connectivity index (χ1n) is 0. The van der Waals surface area contributed by atoms with Crippen molar-refractivity contribution in [1.82, 2.24) is 0 Å². The van der Waals surface area contributed by atoms with E-state index in [-0.39, 0.29) is 91.6 Å². The zero-order valence-electron chi connectivity index (χ0n) is 1.62. The van der Waals surface area contributed by atoms with Gasteiger partial charge in [0.25, 0.3) is 0 Å². The van der Waals surface area contributed by atoms with Gasteiger partial charge in [0.15, 0.2) is 0 Å². The second kappa shape index (κ2) is 29.3. The zero-order chi connectivity index (χ0) is 0. The normalized spacial score (nSPS) is 0. The Hall–Kier alpha value is 2.78. The van der Waals surface area contributed by atoms with Crippen LogP contribution in [0.4, 0.5) is 0 Å². The smallest absolute Gasteiger partial charge is 0 e. The van der Waals surface area contributed by atoms with Crippen molar-refractivity contribution in [2.24, 2.45) is 0 Å². The molecule has 0 N–H and O–H groups in total. The first-order chi connectivity index (χ1) is 0.